The number of hydrogen-bond acceptors (Lipinski definition) is 5. The molecule has 0 aliphatic heterocycles. The van der Waals surface area contributed by atoms with E-state index < -0.39 is 40.6 Å². The molecule has 0 heterocycles. The molecule has 302 valence electrons. The molecule has 2 N–H and O–H groups in total. The average Bonchev–Trinajstić information content (AvgIpc) is 3.48. The maximum absolute atomic E-state index is 14.6. The molecule has 6 aromatic rings. The van der Waals surface area contributed by atoms with Gasteiger partial charge in [-0.15, -0.1) is 0 Å². The van der Waals surface area contributed by atoms with E-state index >= 15 is 0 Å². The van der Waals surface area contributed by atoms with Crippen molar-refractivity contribution in [2.75, 3.05) is 6.54 Å². The van der Waals surface area contributed by atoms with Gasteiger partial charge in [0.2, 0.25) is 0 Å². The number of allylic oxidation sites excluding steroid dienone is 2. The second-order valence-electron chi connectivity index (χ2n) is 16.8. The summed E-state index contributed by atoms with van der Waals surface area (Å²) in [7, 11) is 0. The lowest BCUT2D eigenvalue weighted by Gasteiger charge is -2.46. The molecule has 6 nitrogen and oxygen atoms in total. The van der Waals surface area contributed by atoms with Crippen LogP contribution in [0.2, 0.25) is 0 Å². The number of carbonyl (C=O) groups is 2. The number of aliphatic hydroxyl groups is 2. The van der Waals surface area contributed by atoms with Crippen LogP contribution in [0.1, 0.15) is 90.9 Å². The number of carbonyl (C=O) groups excluding carboxylic acids is 2. The maximum Gasteiger partial charge on any atom is 0.415 e. The number of amides is 1. The molecule has 1 saturated carbocycles. The topological polar surface area (TPSA) is 87.1 Å². The molecule has 0 aromatic heterocycles. The number of rotatable bonds is 7. The summed E-state index contributed by atoms with van der Waals surface area (Å²) in [6.07, 6.45) is 4.43. The van der Waals surface area contributed by atoms with Gasteiger partial charge in [-0.2, -0.15) is 0 Å². The van der Waals surface area contributed by atoms with Gasteiger partial charge < -0.3 is 19.8 Å². The van der Waals surface area contributed by atoms with Gasteiger partial charge in [-0.1, -0.05) is 104 Å². The summed E-state index contributed by atoms with van der Waals surface area (Å²) in [4.78, 5) is 30.5. The molecule has 6 aromatic carbocycles. The third kappa shape index (κ3) is 8.17. The predicted octanol–water partition coefficient (Wildman–Crippen LogP) is 11.2. The average molecular weight is 794 g/mol. The van der Waals surface area contributed by atoms with E-state index in [1.165, 1.54) is 6.07 Å². The summed E-state index contributed by atoms with van der Waals surface area (Å²) in [5.74, 6) is -2.59. The van der Waals surface area contributed by atoms with Gasteiger partial charge in [-0.3, -0.25) is 4.79 Å². The number of benzene rings is 6. The summed E-state index contributed by atoms with van der Waals surface area (Å²) >= 11 is 0. The second-order valence-corrected chi connectivity index (χ2v) is 16.8. The molecular weight excluding hydrogens is 745 g/mol. The quantitative estimate of drug-likeness (QED) is 0.124. The van der Waals surface area contributed by atoms with Crippen LogP contribution in [0.5, 0.6) is 5.75 Å². The number of aliphatic hydroxyl groups excluding tert-OH is 1. The fraction of sp³-hybridized carbons (Fsp3) is 0.294. The van der Waals surface area contributed by atoms with E-state index in [0.29, 0.717) is 61.8 Å². The molecule has 0 saturated heterocycles. The van der Waals surface area contributed by atoms with Crippen LogP contribution in [0.4, 0.5) is 13.6 Å². The number of nitrogens with zero attached hydrogens (tertiary/aromatic N) is 1. The van der Waals surface area contributed by atoms with Gasteiger partial charge >= 0.3 is 6.09 Å². The van der Waals surface area contributed by atoms with Gasteiger partial charge in [0.15, 0.2) is 17.4 Å². The van der Waals surface area contributed by atoms with E-state index in [1.54, 1.807) is 17.0 Å². The van der Waals surface area contributed by atoms with E-state index in [-0.39, 0.29) is 24.6 Å². The van der Waals surface area contributed by atoms with Crippen LogP contribution in [0.15, 0.2) is 133 Å². The molecule has 59 heavy (non-hydrogen) atoms. The number of fused-ring (bicyclic) bond motifs is 10. The Morgan fingerprint density at radius 2 is 1.58 bits per heavy atom. The standard InChI is InChI=1S/C51H49F2NO5/c1-33-9-8-25-50(2)45(43-22-17-34(27-40(55)20-16-33)28-44(43)48(56)38-19-23-46(52)47(53)30-38)24-26-51(50,58)32-54(31-39-14-7-13-36-11-5-6-15-42(36)39)49(57)59-41-21-18-35-10-3-4-12-37(35)29-41/h3-7,9-15,17-19,21-23,28-30,40,45,55,58H,8,16,20,24-27,31-32H2,1-2H3. The van der Waals surface area contributed by atoms with E-state index in [0.717, 1.165) is 50.4 Å². The van der Waals surface area contributed by atoms with Crippen LogP contribution in [0.25, 0.3) is 21.5 Å². The summed E-state index contributed by atoms with van der Waals surface area (Å²) < 4.78 is 34.7. The number of hydrogen-bond donors (Lipinski definition) is 2. The van der Waals surface area contributed by atoms with Gasteiger partial charge in [0, 0.05) is 23.1 Å². The first-order valence-electron chi connectivity index (χ1n) is 20.5. The highest BCUT2D eigenvalue weighted by Crippen LogP contribution is 2.59. The Kier molecular flexibility index (Phi) is 11.2. The highest BCUT2D eigenvalue weighted by molar-refractivity contribution is 6.10. The van der Waals surface area contributed by atoms with Crippen LogP contribution in [0.3, 0.4) is 0 Å². The summed E-state index contributed by atoms with van der Waals surface area (Å²) in [6.45, 7) is 4.23. The molecular formula is C51H49F2NO5. The van der Waals surface area contributed by atoms with Crippen LogP contribution in [0, 0.1) is 17.0 Å². The van der Waals surface area contributed by atoms with Crippen molar-refractivity contribution < 1.29 is 33.3 Å². The smallest absolute Gasteiger partial charge is 0.410 e. The van der Waals surface area contributed by atoms with Crippen molar-refractivity contribution in [3.8, 4) is 5.75 Å². The Morgan fingerprint density at radius 3 is 2.39 bits per heavy atom. The Hall–Kier alpha value is -5.70. The predicted molar refractivity (Wildman–Crippen MR) is 228 cm³/mol. The van der Waals surface area contributed by atoms with Crippen molar-refractivity contribution in [2.45, 2.75) is 83.0 Å². The van der Waals surface area contributed by atoms with Gasteiger partial charge in [0.05, 0.1) is 18.2 Å². The minimum absolute atomic E-state index is 0.00943. The third-order valence-electron chi connectivity index (χ3n) is 13.0. The lowest BCUT2D eigenvalue weighted by atomic mass is 9.64. The van der Waals surface area contributed by atoms with Gasteiger partial charge in [-0.05, 0) is 132 Å². The lowest BCUT2D eigenvalue weighted by molar-refractivity contribution is -0.0801. The SMILES string of the molecule is CC1=CCCC2(C)C(CCC2(O)CN(Cc2cccc3ccccc23)C(=O)Oc2ccc3ccccc3c2)c2ccc(cc2C(=O)c2ccc(F)c(F)c2)CC(O)CC1. The van der Waals surface area contributed by atoms with Crippen molar-refractivity contribution in [3.05, 3.63) is 172 Å². The molecule has 1 amide bonds. The minimum Gasteiger partial charge on any atom is -0.410 e. The number of ketones is 1. The van der Waals surface area contributed by atoms with Crippen LogP contribution >= 0.6 is 0 Å². The van der Waals surface area contributed by atoms with E-state index in [9.17, 15) is 28.6 Å². The third-order valence-corrected chi connectivity index (χ3v) is 13.0. The zero-order chi connectivity index (χ0) is 41.3. The van der Waals surface area contributed by atoms with Gasteiger partial charge in [0.25, 0.3) is 0 Å². The molecule has 4 atom stereocenters. The zero-order valence-electron chi connectivity index (χ0n) is 33.5. The van der Waals surface area contributed by atoms with Crippen molar-refractivity contribution in [1.82, 2.24) is 4.90 Å². The maximum atomic E-state index is 14.6. The van der Waals surface area contributed by atoms with E-state index in [2.05, 4.69) is 13.0 Å². The number of halogens is 2. The fourth-order valence-corrected chi connectivity index (χ4v) is 9.52. The van der Waals surface area contributed by atoms with Crippen molar-refractivity contribution in [3.63, 3.8) is 0 Å². The normalized spacial score (nSPS) is 22.1. The summed E-state index contributed by atoms with van der Waals surface area (Å²) in [6, 6.07) is 36.1. The largest absolute Gasteiger partial charge is 0.415 e. The molecule has 9 rings (SSSR count). The molecule has 0 spiro atoms. The molecule has 2 bridgehead atoms. The molecule has 4 unspecified atom stereocenters. The van der Waals surface area contributed by atoms with Crippen LogP contribution < -0.4 is 4.74 Å². The van der Waals surface area contributed by atoms with E-state index in [1.807, 2.05) is 97.9 Å². The van der Waals surface area contributed by atoms with Crippen molar-refractivity contribution in [1.29, 1.82) is 0 Å². The van der Waals surface area contributed by atoms with Crippen LogP contribution in [-0.2, 0) is 13.0 Å². The fourth-order valence-electron chi connectivity index (χ4n) is 9.52. The Bertz CT molecular complexity index is 2580. The molecule has 3 aliphatic carbocycles. The molecule has 3 aliphatic rings. The van der Waals surface area contributed by atoms with Crippen molar-refractivity contribution >= 4 is 33.4 Å². The lowest BCUT2D eigenvalue weighted by Crippen LogP contribution is -2.54. The summed E-state index contributed by atoms with van der Waals surface area (Å²) in [5.41, 5.74) is 1.50. The Morgan fingerprint density at radius 1 is 0.814 bits per heavy atom. The van der Waals surface area contributed by atoms with E-state index in [4.69, 9.17) is 4.74 Å². The number of ether oxygens (including phenoxy) is 1. The zero-order valence-corrected chi connectivity index (χ0v) is 33.5. The Labute approximate surface area is 343 Å². The van der Waals surface area contributed by atoms with Gasteiger partial charge in [-0.25, -0.2) is 13.6 Å². The second kappa shape index (κ2) is 16.5. The highest BCUT2D eigenvalue weighted by atomic mass is 19.2. The van der Waals surface area contributed by atoms with Crippen LogP contribution in [-0.4, -0.2) is 45.2 Å². The first-order chi connectivity index (χ1) is 28.4. The first kappa shape index (κ1) is 40.1. The molecule has 8 heteroatoms. The minimum atomic E-state index is -1.44. The molecule has 0 radical (unpaired) electrons. The van der Waals surface area contributed by atoms with Crippen molar-refractivity contribution in [2.24, 2.45) is 5.41 Å². The monoisotopic (exact) mass is 793 g/mol. The first-order valence-corrected chi connectivity index (χ1v) is 20.5. The summed E-state index contributed by atoms with van der Waals surface area (Å²) in [5, 5.41) is 28.2. The highest BCUT2D eigenvalue weighted by Gasteiger charge is 2.58. The molecule has 1 fully saturated rings. The Balaban J connectivity index is 1.21. The van der Waals surface area contributed by atoms with Gasteiger partial charge in [0.1, 0.15) is 5.75 Å².